The summed E-state index contributed by atoms with van der Waals surface area (Å²) < 4.78 is 6.84. The van der Waals surface area contributed by atoms with E-state index in [9.17, 15) is 19.2 Å². The Labute approximate surface area is 165 Å². The van der Waals surface area contributed by atoms with Crippen molar-refractivity contribution in [1.29, 1.82) is 0 Å². The summed E-state index contributed by atoms with van der Waals surface area (Å²) in [7, 11) is 0. The first-order valence-electron chi connectivity index (χ1n) is 9.04. The fraction of sp³-hybridized carbons (Fsp3) is 0.500. The van der Waals surface area contributed by atoms with Crippen molar-refractivity contribution in [3.63, 3.8) is 0 Å². The van der Waals surface area contributed by atoms with E-state index in [4.69, 9.17) is 4.74 Å². The van der Waals surface area contributed by atoms with Gasteiger partial charge >= 0.3 is 12.0 Å². The normalized spacial score (nSPS) is 14.0. The quantitative estimate of drug-likeness (QED) is 0.743. The number of carbonyl (C=O) groups excluding carboxylic acids is 3. The molecule has 2 aromatic rings. The zero-order valence-electron chi connectivity index (χ0n) is 16.1. The molecule has 0 fully saturated rings. The number of urea groups is 1. The second-order valence-electron chi connectivity index (χ2n) is 6.99. The van der Waals surface area contributed by atoms with Crippen LogP contribution in [0.1, 0.15) is 48.3 Å². The van der Waals surface area contributed by atoms with Crippen LogP contribution in [0.25, 0.3) is 10.2 Å². The Kier molecular flexibility index (Phi) is 5.50. The Morgan fingerprint density at radius 2 is 1.96 bits per heavy atom. The molecule has 3 rings (SSSR count). The number of hydrogen-bond donors (Lipinski definition) is 2. The Hall–Kier alpha value is -2.75. The summed E-state index contributed by atoms with van der Waals surface area (Å²) in [6.07, 6.45) is 0.441. The third-order valence-electron chi connectivity index (χ3n) is 4.41. The number of aromatic nitrogens is 2. The van der Waals surface area contributed by atoms with Crippen molar-refractivity contribution < 1.29 is 19.1 Å². The maximum Gasteiger partial charge on any atom is 0.349 e. The molecule has 2 aromatic heterocycles. The maximum absolute atomic E-state index is 12.7. The summed E-state index contributed by atoms with van der Waals surface area (Å²) in [4.78, 5) is 54.1. The second-order valence-corrected chi connectivity index (χ2v) is 7.99. The summed E-state index contributed by atoms with van der Waals surface area (Å²) >= 11 is 1.08. The Bertz CT molecular complexity index is 1020. The van der Waals surface area contributed by atoms with Crippen LogP contribution in [0.5, 0.6) is 0 Å². The highest BCUT2D eigenvalue weighted by atomic mass is 32.1. The number of nitrogens with one attached hydrogen (secondary N) is 2. The van der Waals surface area contributed by atoms with Gasteiger partial charge in [0.25, 0.3) is 11.5 Å². The predicted molar refractivity (Wildman–Crippen MR) is 104 cm³/mol. The van der Waals surface area contributed by atoms with Gasteiger partial charge in [-0.3, -0.25) is 19.5 Å². The summed E-state index contributed by atoms with van der Waals surface area (Å²) in [6.45, 7) is 7.18. The van der Waals surface area contributed by atoms with Crippen LogP contribution >= 0.6 is 11.3 Å². The number of ether oxygens (including phenoxy) is 1. The number of amides is 3. The lowest BCUT2D eigenvalue weighted by Crippen LogP contribution is -2.46. The molecule has 0 aliphatic carbocycles. The van der Waals surface area contributed by atoms with Gasteiger partial charge in [-0.25, -0.2) is 14.6 Å². The van der Waals surface area contributed by atoms with Crippen molar-refractivity contribution in [2.75, 3.05) is 0 Å². The first kappa shape index (κ1) is 20.0. The zero-order valence-corrected chi connectivity index (χ0v) is 16.9. The largest absolute Gasteiger partial charge is 0.448 e. The molecule has 1 atom stereocenters. The molecule has 0 spiro atoms. The second kappa shape index (κ2) is 7.70. The predicted octanol–water partition coefficient (Wildman–Crippen LogP) is 1.49. The van der Waals surface area contributed by atoms with Crippen molar-refractivity contribution >= 4 is 39.5 Å². The Morgan fingerprint density at radius 1 is 1.25 bits per heavy atom. The van der Waals surface area contributed by atoms with Crippen LogP contribution in [0, 0.1) is 6.92 Å². The van der Waals surface area contributed by atoms with Gasteiger partial charge in [-0.2, -0.15) is 0 Å². The van der Waals surface area contributed by atoms with Crippen LogP contribution in [0.2, 0.25) is 0 Å². The van der Waals surface area contributed by atoms with Gasteiger partial charge < -0.3 is 10.1 Å². The number of nitrogens with zero attached hydrogens (tertiary/aromatic N) is 2. The minimum absolute atomic E-state index is 0.139. The van der Waals surface area contributed by atoms with Crippen molar-refractivity contribution in [3.05, 3.63) is 26.6 Å². The van der Waals surface area contributed by atoms with Crippen LogP contribution in [0.3, 0.4) is 0 Å². The van der Waals surface area contributed by atoms with Crippen molar-refractivity contribution in [2.24, 2.45) is 0 Å². The number of thiophene rings is 1. The van der Waals surface area contributed by atoms with Gasteiger partial charge in [0.15, 0.2) is 6.10 Å². The van der Waals surface area contributed by atoms with Crippen LogP contribution < -0.4 is 16.2 Å². The molecule has 0 saturated heterocycles. The average molecular weight is 406 g/mol. The van der Waals surface area contributed by atoms with Crippen LogP contribution in [-0.4, -0.2) is 39.6 Å². The molecule has 0 saturated carbocycles. The number of carbonyl (C=O) groups is 3. The number of fused-ring (bicyclic) bond motifs is 2. The third kappa shape index (κ3) is 3.77. The number of hydrogen-bond acceptors (Lipinski definition) is 7. The van der Waals surface area contributed by atoms with Gasteiger partial charge in [0.2, 0.25) is 0 Å². The fourth-order valence-corrected chi connectivity index (χ4v) is 4.12. The van der Waals surface area contributed by atoms with Crippen molar-refractivity contribution in [3.8, 4) is 0 Å². The molecule has 10 heteroatoms. The molecule has 0 radical (unpaired) electrons. The highest BCUT2D eigenvalue weighted by molar-refractivity contribution is 7.20. The van der Waals surface area contributed by atoms with Gasteiger partial charge in [-0.15, -0.1) is 11.3 Å². The lowest BCUT2D eigenvalue weighted by Gasteiger charge is -2.14. The minimum atomic E-state index is -1.17. The molecule has 1 aliphatic rings. The van der Waals surface area contributed by atoms with E-state index in [1.807, 2.05) is 0 Å². The van der Waals surface area contributed by atoms with Crippen molar-refractivity contribution in [1.82, 2.24) is 20.2 Å². The van der Waals surface area contributed by atoms with E-state index in [1.165, 1.54) is 6.92 Å². The van der Waals surface area contributed by atoms with Gasteiger partial charge in [0.05, 0.1) is 5.39 Å². The smallest absolute Gasteiger partial charge is 0.349 e. The molecule has 0 bridgehead atoms. The Balaban J connectivity index is 1.78. The molecule has 1 aliphatic heterocycles. The molecular weight excluding hydrogens is 384 g/mol. The van der Waals surface area contributed by atoms with Crippen LogP contribution in [0.4, 0.5) is 4.79 Å². The zero-order chi connectivity index (χ0) is 20.6. The Morgan fingerprint density at radius 3 is 2.64 bits per heavy atom. The lowest BCUT2D eigenvalue weighted by atomic mass is 10.2. The average Bonchev–Trinajstić information content (AvgIpc) is 3.19. The summed E-state index contributed by atoms with van der Waals surface area (Å²) in [5.74, 6) is -0.734. The number of esters is 1. The van der Waals surface area contributed by atoms with E-state index >= 15 is 0 Å². The number of aryl methyl sites for hydroxylation is 2. The molecule has 0 unspecified atom stereocenters. The van der Waals surface area contributed by atoms with Gasteiger partial charge in [-0.05, 0) is 39.7 Å². The molecule has 3 amide bonds. The van der Waals surface area contributed by atoms with Crippen LogP contribution in [-0.2, 0) is 22.5 Å². The van der Waals surface area contributed by atoms with E-state index in [0.717, 1.165) is 30.0 Å². The lowest BCUT2D eigenvalue weighted by molar-refractivity contribution is -0.127. The third-order valence-corrected chi connectivity index (χ3v) is 5.57. The van der Waals surface area contributed by atoms with Gasteiger partial charge in [-0.1, -0.05) is 0 Å². The SMILES string of the molecule is Cc1c(C(=O)O[C@H](C)C(=O)NC(=O)NC(C)C)sc2nc3n(c(=O)c12)CCC3. The molecule has 3 heterocycles. The number of rotatable bonds is 4. The highest BCUT2D eigenvalue weighted by Gasteiger charge is 2.27. The van der Waals surface area contributed by atoms with Crippen LogP contribution in [0.15, 0.2) is 4.79 Å². The summed E-state index contributed by atoms with van der Waals surface area (Å²) in [6, 6.07) is -0.798. The first-order valence-corrected chi connectivity index (χ1v) is 9.85. The summed E-state index contributed by atoms with van der Waals surface area (Å²) in [5.41, 5.74) is 0.344. The van der Waals surface area contributed by atoms with E-state index in [-0.39, 0.29) is 16.5 Å². The standard InChI is InChI=1S/C18H22N4O5S/c1-8(2)19-18(26)21-14(23)10(4)27-17(25)13-9(3)12-15(28-13)20-11-6-5-7-22(11)16(12)24/h8,10H,5-7H2,1-4H3,(H2,19,21,23,26)/t10-/m1/s1. The molecule has 28 heavy (non-hydrogen) atoms. The molecule has 150 valence electrons. The minimum Gasteiger partial charge on any atom is -0.448 e. The van der Waals surface area contributed by atoms with E-state index < -0.39 is 24.0 Å². The molecule has 0 aromatic carbocycles. The van der Waals surface area contributed by atoms with E-state index in [1.54, 1.807) is 25.3 Å². The van der Waals surface area contributed by atoms with E-state index in [2.05, 4.69) is 15.6 Å². The van der Waals surface area contributed by atoms with Gasteiger partial charge in [0.1, 0.15) is 15.5 Å². The van der Waals surface area contributed by atoms with Crippen molar-refractivity contribution in [2.45, 2.75) is 59.2 Å². The van der Waals surface area contributed by atoms with E-state index in [0.29, 0.717) is 22.3 Å². The highest BCUT2D eigenvalue weighted by Crippen LogP contribution is 2.29. The molecule has 2 N–H and O–H groups in total. The monoisotopic (exact) mass is 406 g/mol. The summed E-state index contributed by atoms with van der Waals surface area (Å²) in [5, 5.41) is 5.05. The first-order chi connectivity index (χ1) is 13.2. The molecule has 9 nitrogen and oxygen atoms in total. The number of imide groups is 1. The molecular formula is C18H22N4O5S. The maximum atomic E-state index is 12.7. The van der Waals surface area contributed by atoms with Gasteiger partial charge in [0, 0.05) is 19.0 Å². The topological polar surface area (TPSA) is 119 Å². The fourth-order valence-electron chi connectivity index (χ4n) is 3.05.